The molecule has 3 aromatic rings. The number of likely N-dealkylation sites (tertiary alicyclic amines) is 1. The second kappa shape index (κ2) is 11.6. The van der Waals surface area contributed by atoms with Gasteiger partial charge in [-0.1, -0.05) is 41.9 Å². The van der Waals surface area contributed by atoms with Crippen molar-refractivity contribution in [3.8, 4) is 16.9 Å². The Bertz CT molecular complexity index is 1460. The number of primary amides is 1. The van der Waals surface area contributed by atoms with Crippen LogP contribution < -0.4 is 10.5 Å². The molecule has 1 saturated heterocycles. The lowest BCUT2D eigenvalue weighted by molar-refractivity contribution is -0.301. The number of carbonyl (C=O) groups is 1. The Balaban J connectivity index is 1.38. The number of benzene rings is 3. The van der Waals surface area contributed by atoms with Gasteiger partial charge in [-0.05, 0) is 111 Å². The van der Waals surface area contributed by atoms with E-state index in [0.717, 1.165) is 61.0 Å². The highest BCUT2D eigenvalue weighted by molar-refractivity contribution is 6.32. The first-order chi connectivity index (χ1) is 20.1. The van der Waals surface area contributed by atoms with Crippen molar-refractivity contribution in [3.63, 3.8) is 0 Å². The molecule has 3 atom stereocenters. The standard InChI is InChI=1S/C33H37ClFN3O4/c1-33(2)26-17-21(20-5-9-23(35)10-6-20)7-13-25(26)30(32(36)40)38(42-33)28(19-37-15-3-4-16-37)31(39)22-8-14-29(27(34)18-22)41-24-11-12-24/h5-10,13-14,17-18,24,28,30-31,39H,3-4,11-12,15-16,19H2,1-2H3,(H2,36,40)/t28-,30?,31-/m1/s1. The van der Waals surface area contributed by atoms with Gasteiger partial charge in [0, 0.05) is 6.54 Å². The van der Waals surface area contributed by atoms with Crippen LogP contribution in [-0.4, -0.2) is 52.8 Å². The van der Waals surface area contributed by atoms with Gasteiger partial charge in [0.15, 0.2) is 0 Å². The fraction of sp³-hybridized carbons (Fsp3) is 0.424. The molecule has 2 fully saturated rings. The molecular weight excluding hydrogens is 557 g/mol. The molecule has 2 aliphatic heterocycles. The number of hydrogen-bond donors (Lipinski definition) is 2. The Morgan fingerprint density at radius 1 is 1.10 bits per heavy atom. The van der Waals surface area contributed by atoms with Gasteiger partial charge in [0.2, 0.25) is 5.91 Å². The number of hydroxylamine groups is 2. The number of aliphatic hydroxyl groups excluding tert-OH is 1. The molecule has 6 rings (SSSR count). The van der Waals surface area contributed by atoms with Gasteiger partial charge < -0.3 is 20.5 Å². The van der Waals surface area contributed by atoms with Crippen LogP contribution in [0.2, 0.25) is 5.02 Å². The smallest absolute Gasteiger partial charge is 0.241 e. The molecule has 1 amide bonds. The van der Waals surface area contributed by atoms with Gasteiger partial charge in [0.05, 0.1) is 23.3 Å². The van der Waals surface area contributed by atoms with Gasteiger partial charge in [-0.15, -0.1) is 0 Å². The maximum Gasteiger partial charge on any atom is 0.241 e. The largest absolute Gasteiger partial charge is 0.489 e. The molecule has 3 N–H and O–H groups in total. The summed E-state index contributed by atoms with van der Waals surface area (Å²) < 4.78 is 19.5. The summed E-state index contributed by atoms with van der Waals surface area (Å²) in [4.78, 5) is 22.1. The highest BCUT2D eigenvalue weighted by Crippen LogP contribution is 2.45. The van der Waals surface area contributed by atoms with Crippen molar-refractivity contribution in [2.45, 2.75) is 69.4 Å². The van der Waals surface area contributed by atoms with Crippen molar-refractivity contribution >= 4 is 17.5 Å². The van der Waals surface area contributed by atoms with E-state index in [4.69, 9.17) is 26.9 Å². The minimum Gasteiger partial charge on any atom is -0.489 e. The molecule has 1 aliphatic carbocycles. The van der Waals surface area contributed by atoms with Gasteiger partial charge >= 0.3 is 0 Å². The third kappa shape index (κ3) is 5.92. The van der Waals surface area contributed by atoms with Gasteiger partial charge in [-0.2, -0.15) is 5.06 Å². The summed E-state index contributed by atoms with van der Waals surface area (Å²) in [5.74, 6) is -0.285. The molecule has 0 bridgehead atoms. The number of nitrogens with two attached hydrogens (primary N) is 1. The monoisotopic (exact) mass is 593 g/mol. The minimum atomic E-state index is -1.03. The average Bonchev–Trinajstić information content (AvgIpc) is 3.63. The maximum atomic E-state index is 13.6. The number of amides is 1. The molecule has 0 spiro atoms. The maximum absolute atomic E-state index is 13.6. The van der Waals surface area contributed by atoms with E-state index in [1.165, 1.54) is 12.1 Å². The topological polar surface area (TPSA) is 88.3 Å². The van der Waals surface area contributed by atoms with Crippen molar-refractivity contribution in [1.29, 1.82) is 0 Å². The van der Waals surface area contributed by atoms with Crippen LogP contribution >= 0.6 is 11.6 Å². The van der Waals surface area contributed by atoms with E-state index >= 15 is 0 Å². The fourth-order valence-corrected chi connectivity index (χ4v) is 6.35. The van der Waals surface area contributed by atoms with Gasteiger partial charge in [0.1, 0.15) is 23.2 Å². The molecule has 3 aromatic carbocycles. The summed E-state index contributed by atoms with van der Waals surface area (Å²) in [5, 5.41) is 13.9. The zero-order valence-corrected chi connectivity index (χ0v) is 24.7. The Labute approximate surface area is 250 Å². The van der Waals surface area contributed by atoms with Gasteiger partial charge in [-0.25, -0.2) is 4.39 Å². The summed E-state index contributed by atoms with van der Waals surface area (Å²) in [6.07, 6.45) is 3.34. The molecule has 7 nitrogen and oxygen atoms in total. The molecule has 0 aromatic heterocycles. The number of rotatable bonds is 9. The van der Waals surface area contributed by atoms with Crippen LogP contribution in [0.1, 0.15) is 68.4 Å². The SMILES string of the molecule is CC1(C)ON([C@H](CN2CCCC2)[C@H](O)c2ccc(OC3CC3)c(Cl)c2)C(C(N)=O)c2ccc(-c3ccc(F)cc3)cc21. The number of aliphatic hydroxyl groups is 1. The van der Waals surface area contributed by atoms with E-state index < -0.39 is 29.7 Å². The third-order valence-electron chi connectivity index (χ3n) is 8.48. The zero-order valence-electron chi connectivity index (χ0n) is 23.9. The van der Waals surface area contributed by atoms with Crippen molar-refractivity contribution in [2.75, 3.05) is 19.6 Å². The lowest BCUT2D eigenvalue weighted by Crippen LogP contribution is -2.56. The van der Waals surface area contributed by atoms with Crippen LogP contribution in [-0.2, 0) is 15.2 Å². The van der Waals surface area contributed by atoms with Crippen molar-refractivity contribution in [2.24, 2.45) is 5.73 Å². The van der Waals surface area contributed by atoms with Crippen molar-refractivity contribution in [3.05, 3.63) is 88.2 Å². The second-order valence-electron chi connectivity index (χ2n) is 12.1. The predicted octanol–water partition coefficient (Wildman–Crippen LogP) is 5.89. The summed E-state index contributed by atoms with van der Waals surface area (Å²) in [7, 11) is 0. The lowest BCUT2D eigenvalue weighted by atomic mass is 9.84. The van der Waals surface area contributed by atoms with E-state index in [2.05, 4.69) is 4.90 Å². The van der Waals surface area contributed by atoms with Crippen LogP contribution in [0.3, 0.4) is 0 Å². The first-order valence-corrected chi connectivity index (χ1v) is 15.0. The molecule has 1 unspecified atom stereocenters. The van der Waals surface area contributed by atoms with Crippen molar-refractivity contribution < 1.29 is 23.9 Å². The molecule has 1 saturated carbocycles. The quantitative estimate of drug-likeness (QED) is 0.321. The van der Waals surface area contributed by atoms with Gasteiger partial charge in [0.25, 0.3) is 0 Å². The first kappa shape index (κ1) is 29.1. The highest BCUT2D eigenvalue weighted by Gasteiger charge is 2.47. The Hall–Kier alpha value is -3.01. The molecule has 3 aliphatic rings. The molecule has 9 heteroatoms. The number of hydrogen-bond acceptors (Lipinski definition) is 6. The lowest BCUT2D eigenvalue weighted by Gasteiger charge is -2.48. The van der Waals surface area contributed by atoms with Gasteiger partial charge in [-0.3, -0.25) is 9.63 Å². The van der Waals surface area contributed by atoms with E-state index in [9.17, 15) is 14.3 Å². The van der Waals surface area contributed by atoms with E-state index in [1.54, 1.807) is 29.3 Å². The number of ether oxygens (including phenoxy) is 1. The van der Waals surface area contributed by atoms with Crippen LogP contribution in [0.15, 0.2) is 60.7 Å². The van der Waals surface area contributed by atoms with Crippen molar-refractivity contribution in [1.82, 2.24) is 9.96 Å². The van der Waals surface area contributed by atoms with E-state index in [-0.39, 0.29) is 11.9 Å². The predicted molar refractivity (Wildman–Crippen MR) is 159 cm³/mol. The summed E-state index contributed by atoms with van der Waals surface area (Å²) in [6, 6.07) is 15.8. The molecule has 222 valence electrons. The Morgan fingerprint density at radius 3 is 2.43 bits per heavy atom. The van der Waals surface area contributed by atoms with Crippen LogP contribution in [0.4, 0.5) is 4.39 Å². The number of carbonyl (C=O) groups excluding carboxylic acids is 1. The second-order valence-corrected chi connectivity index (χ2v) is 12.5. The normalized spacial score (nSPS) is 22.0. The summed E-state index contributed by atoms with van der Waals surface area (Å²) in [5.41, 5.74) is 9.07. The third-order valence-corrected chi connectivity index (χ3v) is 8.78. The average molecular weight is 594 g/mol. The molecule has 2 heterocycles. The van der Waals surface area contributed by atoms with E-state index in [1.807, 2.05) is 38.1 Å². The van der Waals surface area contributed by atoms with Crippen LogP contribution in [0, 0.1) is 5.82 Å². The summed E-state index contributed by atoms with van der Waals surface area (Å²) >= 11 is 6.59. The Morgan fingerprint density at radius 2 is 1.79 bits per heavy atom. The molecule has 0 radical (unpaired) electrons. The molecular formula is C33H37ClFN3O4. The Kier molecular flexibility index (Phi) is 8.02. The van der Waals surface area contributed by atoms with E-state index in [0.29, 0.717) is 22.9 Å². The number of halogens is 2. The van der Waals surface area contributed by atoms with Crippen LogP contribution in [0.25, 0.3) is 11.1 Å². The zero-order chi connectivity index (χ0) is 29.6. The van der Waals surface area contributed by atoms with Crippen LogP contribution in [0.5, 0.6) is 5.75 Å². The highest BCUT2D eigenvalue weighted by atomic mass is 35.5. The number of nitrogens with zero attached hydrogens (tertiary/aromatic N) is 2. The minimum absolute atomic E-state index is 0.199. The summed E-state index contributed by atoms with van der Waals surface area (Å²) in [6.45, 7) is 6.14. The number of fused-ring (bicyclic) bond motifs is 1. The fourth-order valence-electron chi connectivity index (χ4n) is 6.11. The molecule has 42 heavy (non-hydrogen) atoms. The first-order valence-electron chi connectivity index (χ1n) is 14.6.